The number of methoxy groups -OCH3 is 1. The van der Waals surface area contributed by atoms with E-state index in [1.165, 1.54) is 12.0 Å². The van der Waals surface area contributed by atoms with Crippen LogP contribution in [0.3, 0.4) is 0 Å². The maximum atomic E-state index is 13.5. The number of hydrogen-bond donors (Lipinski definition) is 1. The molecule has 0 aliphatic carbocycles. The lowest BCUT2D eigenvalue weighted by Gasteiger charge is -2.26. The highest BCUT2D eigenvalue weighted by molar-refractivity contribution is 6.51. The average Bonchev–Trinajstić information content (AvgIpc) is 3.17. The molecule has 0 saturated carbocycles. The number of benzene rings is 3. The van der Waals surface area contributed by atoms with Crippen molar-refractivity contribution in [2.45, 2.75) is 33.2 Å². The zero-order valence-corrected chi connectivity index (χ0v) is 21.2. The number of amides is 1. The molecule has 1 fully saturated rings. The van der Waals surface area contributed by atoms with Gasteiger partial charge in [0.05, 0.1) is 42.5 Å². The van der Waals surface area contributed by atoms with E-state index in [0.29, 0.717) is 40.5 Å². The highest BCUT2D eigenvalue weighted by atomic mass is 16.5. The second-order valence-corrected chi connectivity index (χ2v) is 8.91. The smallest absolute Gasteiger partial charge is 0.300 e. The van der Waals surface area contributed by atoms with Gasteiger partial charge in [-0.2, -0.15) is 5.26 Å². The Morgan fingerprint density at radius 3 is 2.46 bits per heavy atom. The molecular weight excluding hydrogens is 468 g/mol. The van der Waals surface area contributed by atoms with E-state index in [4.69, 9.17) is 9.47 Å². The first-order valence-electron chi connectivity index (χ1n) is 12.0. The van der Waals surface area contributed by atoms with Crippen LogP contribution in [0.5, 0.6) is 11.5 Å². The standard InChI is InChI=1S/C30H28N2O5/c1-5-13-37-23-8-6-7-21(16-23)26-25(27(33)24-15-18(2)14-19(3)29(24)36-4)28(34)30(35)32(26)22-11-9-20(17-31)10-12-22/h6-12,14-16,26,33H,5,13H2,1-4H3/b27-25+. The number of ether oxygens (including phenoxy) is 2. The number of ketones is 1. The van der Waals surface area contributed by atoms with Crippen LogP contribution >= 0.6 is 0 Å². The van der Waals surface area contributed by atoms with Crippen molar-refractivity contribution in [1.29, 1.82) is 5.26 Å². The van der Waals surface area contributed by atoms with Gasteiger partial charge in [0, 0.05) is 5.69 Å². The molecule has 1 heterocycles. The second kappa shape index (κ2) is 10.6. The monoisotopic (exact) mass is 496 g/mol. The van der Waals surface area contributed by atoms with Gasteiger partial charge in [-0.1, -0.05) is 25.1 Å². The average molecular weight is 497 g/mol. The first-order chi connectivity index (χ1) is 17.8. The molecule has 1 unspecified atom stereocenters. The molecule has 37 heavy (non-hydrogen) atoms. The summed E-state index contributed by atoms with van der Waals surface area (Å²) >= 11 is 0. The molecule has 1 N–H and O–H groups in total. The van der Waals surface area contributed by atoms with E-state index in [9.17, 15) is 20.0 Å². The van der Waals surface area contributed by atoms with Crippen molar-refractivity contribution >= 4 is 23.1 Å². The van der Waals surface area contributed by atoms with E-state index in [1.54, 1.807) is 54.6 Å². The van der Waals surface area contributed by atoms with Crippen molar-refractivity contribution in [3.8, 4) is 17.6 Å². The van der Waals surface area contributed by atoms with Crippen LogP contribution in [-0.2, 0) is 9.59 Å². The van der Waals surface area contributed by atoms with Gasteiger partial charge in [-0.3, -0.25) is 14.5 Å². The summed E-state index contributed by atoms with van der Waals surface area (Å²) in [5.41, 5.74) is 3.39. The Labute approximate surface area is 216 Å². The molecule has 1 amide bonds. The second-order valence-electron chi connectivity index (χ2n) is 8.91. The lowest BCUT2D eigenvalue weighted by Crippen LogP contribution is -2.29. The summed E-state index contributed by atoms with van der Waals surface area (Å²) < 4.78 is 11.4. The van der Waals surface area contributed by atoms with Gasteiger partial charge in [-0.15, -0.1) is 0 Å². The maximum Gasteiger partial charge on any atom is 0.300 e. The zero-order chi connectivity index (χ0) is 26.7. The Bertz CT molecular complexity index is 1430. The fourth-order valence-electron chi connectivity index (χ4n) is 4.65. The predicted octanol–water partition coefficient (Wildman–Crippen LogP) is 5.60. The molecule has 3 aromatic rings. The van der Waals surface area contributed by atoms with Crippen LogP contribution in [0.25, 0.3) is 5.76 Å². The Balaban J connectivity index is 1.97. The fraction of sp³-hybridized carbons (Fsp3) is 0.233. The number of nitriles is 1. The number of rotatable bonds is 7. The molecule has 3 aromatic carbocycles. The van der Waals surface area contributed by atoms with E-state index in [2.05, 4.69) is 6.07 Å². The van der Waals surface area contributed by atoms with Crippen LogP contribution in [0, 0.1) is 25.2 Å². The van der Waals surface area contributed by atoms with Gasteiger partial charge in [0.1, 0.15) is 17.3 Å². The number of aliphatic hydroxyl groups is 1. The molecule has 1 aliphatic rings. The van der Waals surface area contributed by atoms with Gasteiger partial charge in [-0.05, 0) is 79.4 Å². The van der Waals surface area contributed by atoms with Crippen LogP contribution < -0.4 is 14.4 Å². The van der Waals surface area contributed by atoms with Crippen molar-refractivity contribution in [2.75, 3.05) is 18.6 Å². The molecule has 7 nitrogen and oxygen atoms in total. The minimum atomic E-state index is -0.927. The number of anilines is 1. The summed E-state index contributed by atoms with van der Waals surface area (Å²) in [5, 5.41) is 20.8. The number of carbonyl (C=O) groups is 2. The van der Waals surface area contributed by atoms with Crippen molar-refractivity contribution in [3.63, 3.8) is 0 Å². The quantitative estimate of drug-likeness (QED) is 0.260. The summed E-state index contributed by atoms with van der Waals surface area (Å²) in [7, 11) is 1.50. The third-order valence-corrected chi connectivity index (χ3v) is 6.24. The molecule has 1 saturated heterocycles. The van der Waals surface area contributed by atoms with Crippen molar-refractivity contribution in [3.05, 3.63) is 94.1 Å². The molecule has 4 rings (SSSR count). The Morgan fingerprint density at radius 2 is 1.81 bits per heavy atom. The molecule has 1 aliphatic heterocycles. The van der Waals surface area contributed by atoms with Crippen LogP contribution in [0.4, 0.5) is 5.69 Å². The Hall–Kier alpha value is -4.57. The largest absolute Gasteiger partial charge is 0.507 e. The third kappa shape index (κ3) is 4.78. The Kier molecular flexibility index (Phi) is 7.30. The van der Waals surface area contributed by atoms with E-state index in [-0.39, 0.29) is 11.3 Å². The topological polar surface area (TPSA) is 99.9 Å². The number of nitrogens with zero attached hydrogens (tertiary/aromatic N) is 2. The zero-order valence-electron chi connectivity index (χ0n) is 21.2. The van der Waals surface area contributed by atoms with Crippen LogP contribution in [0.2, 0.25) is 0 Å². The normalized spacial score (nSPS) is 16.5. The molecular formula is C30H28N2O5. The molecule has 188 valence electrons. The van der Waals surface area contributed by atoms with Crippen LogP contribution in [0.1, 0.15) is 47.2 Å². The van der Waals surface area contributed by atoms with Crippen molar-refractivity contribution in [2.24, 2.45) is 0 Å². The SMILES string of the molecule is CCCOc1cccc(C2/C(=C(\O)c3cc(C)cc(C)c3OC)C(=O)C(=O)N2c2ccc(C#N)cc2)c1. The van der Waals surface area contributed by atoms with Crippen molar-refractivity contribution < 1.29 is 24.2 Å². The number of aryl methyl sites for hydroxylation is 2. The van der Waals surface area contributed by atoms with Gasteiger partial charge < -0.3 is 14.6 Å². The lowest BCUT2D eigenvalue weighted by atomic mass is 9.93. The van der Waals surface area contributed by atoms with E-state index in [0.717, 1.165) is 17.5 Å². The molecule has 1 atom stereocenters. The summed E-state index contributed by atoms with van der Waals surface area (Å²) in [6.07, 6.45) is 0.820. The summed E-state index contributed by atoms with van der Waals surface area (Å²) in [5.74, 6) is -0.893. The Morgan fingerprint density at radius 1 is 1.08 bits per heavy atom. The minimum absolute atomic E-state index is 0.0506. The summed E-state index contributed by atoms with van der Waals surface area (Å²) in [6, 6.07) is 18.3. The van der Waals surface area contributed by atoms with Gasteiger partial charge in [-0.25, -0.2) is 0 Å². The molecule has 0 spiro atoms. The number of hydrogen-bond acceptors (Lipinski definition) is 6. The first-order valence-corrected chi connectivity index (χ1v) is 12.0. The summed E-state index contributed by atoms with van der Waals surface area (Å²) in [4.78, 5) is 28.3. The first kappa shape index (κ1) is 25.5. The highest BCUT2D eigenvalue weighted by Gasteiger charge is 2.47. The molecule has 0 bridgehead atoms. The van der Waals surface area contributed by atoms with Gasteiger partial charge in [0.2, 0.25) is 0 Å². The third-order valence-electron chi connectivity index (χ3n) is 6.24. The van der Waals surface area contributed by atoms with Gasteiger partial charge in [0.15, 0.2) is 0 Å². The number of carbonyl (C=O) groups excluding carboxylic acids is 2. The van der Waals surface area contributed by atoms with Crippen LogP contribution in [0.15, 0.2) is 66.2 Å². The maximum absolute atomic E-state index is 13.5. The predicted molar refractivity (Wildman–Crippen MR) is 141 cm³/mol. The van der Waals surface area contributed by atoms with Gasteiger partial charge in [0.25, 0.3) is 11.7 Å². The minimum Gasteiger partial charge on any atom is -0.507 e. The van der Waals surface area contributed by atoms with Crippen LogP contribution in [-0.4, -0.2) is 30.5 Å². The van der Waals surface area contributed by atoms with Crippen molar-refractivity contribution in [1.82, 2.24) is 0 Å². The molecule has 0 aromatic heterocycles. The molecule has 7 heteroatoms. The highest BCUT2D eigenvalue weighted by Crippen LogP contribution is 2.44. The lowest BCUT2D eigenvalue weighted by molar-refractivity contribution is -0.132. The van der Waals surface area contributed by atoms with E-state index >= 15 is 0 Å². The van der Waals surface area contributed by atoms with Gasteiger partial charge >= 0.3 is 0 Å². The number of aliphatic hydroxyl groups excluding tert-OH is 1. The van der Waals surface area contributed by atoms with E-state index in [1.807, 2.05) is 26.8 Å². The number of Topliss-reactive ketones (excluding diaryl/α,β-unsaturated/α-hetero) is 1. The fourth-order valence-corrected chi connectivity index (χ4v) is 4.65. The summed E-state index contributed by atoms with van der Waals surface area (Å²) in [6.45, 7) is 6.24. The van der Waals surface area contributed by atoms with E-state index < -0.39 is 17.7 Å². The molecule has 0 radical (unpaired) electrons.